The topological polar surface area (TPSA) is 69.0 Å². The Kier molecular flexibility index (Phi) is 4.66. The standard InChI is InChI=1S/C23H20ClNO5/c1-2-28-22(26)15-6-3-4-9-19(15)25-11-17-20-16(10-18(24)21(17)29-12-25)13-7-5-8-14(13)23(27)30-20/h3-4,6,9-10H,2,5,7-8,11-12H2,1H3. The van der Waals surface area contributed by atoms with Crippen molar-refractivity contribution in [3.05, 3.63) is 68.0 Å². The van der Waals surface area contributed by atoms with Crippen molar-refractivity contribution in [2.24, 2.45) is 0 Å². The number of rotatable bonds is 3. The van der Waals surface area contributed by atoms with Gasteiger partial charge in [0.25, 0.3) is 0 Å². The molecule has 0 radical (unpaired) electrons. The number of aryl methyl sites for hydroxylation is 1. The van der Waals surface area contributed by atoms with Gasteiger partial charge in [0.2, 0.25) is 0 Å². The van der Waals surface area contributed by atoms with Crippen molar-refractivity contribution >= 4 is 34.2 Å². The Labute approximate surface area is 177 Å². The molecule has 2 aliphatic rings. The Morgan fingerprint density at radius 2 is 2.00 bits per heavy atom. The molecule has 0 saturated heterocycles. The van der Waals surface area contributed by atoms with Crippen molar-refractivity contribution in [2.45, 2.75) is 32.7 Å². The summed E-state index contributed by atoms with van der Waals surface area (Å²) < 4.78 is 16.9. The number of nitrogens with zero attached hydrogens (tertiary/aromatic N) is 1. The first-order chi connectivity index (χ1) is 14.6. The summed E-state index contributed by atoms with van der Waals surface area (Å²) >= 11 is 6.54. The average molecular weight is 426 g/mol. The number of para-hydroxylation sites is 1. The van der Waals surface area contributed by atoms with Crippen molar-refractivity contribution in [1.29, 1.82) is 0 Å². The van der Waals surface area contributed by atoms with Gasteiger partial charge >= 0.3 is 11.6 Å². The summed E-state index contributed by atoms with van der Waals surface area (Å²) in [5, 5.41) is 1.37. The van der Waals surface area contributed by atoms with Gasteiger partial charge < -0.3 is 18.8 Å². The maximum Gasteiger partial charge on any atom is 0.340 e. The Morgan fingerprint density at radius 3 is 2.83 bits per heavy atom. The summed E-state index contributed by atoms with van der Waals surface area (Å²) in [5.41, 5.74) is 3.87. The molecule has 2 aromatic carbocycles. The molecule has 1 aliphatic carbocycles. The van der Waals surface area contributed by atoms with Gasteiger partial charge in [-0.05, 0) is 49.9 Å². The number of anilines is 1. The van der Waals surface area contributed by atoms with Crippen molar-refractivity contribution in [3.63, 3.8) is 0 Å². The number of esters is 1. The normalized spacial score (nSPS) is 14.9. The summed E-state index contributed by atoms with van der Waals surface area (Å²) in [4.78, 5) is 26.9. The molecule has 0 spiro atoms. The van der Waals surface area contributed by atoms with Crippen molar-refractivity contribution in [1.82, 2.24) is 0 Å². The van der Waals surface area contributed by atoms with Crippen molar-refractivity contribution in [3.8, 4) is 5.75 Å². The molecule has 0 amide bonds. The second-order valence-electron chi connectivity index (χ2n) is 7.45. The molecule has 154 valence electrons. The maximum atomic E-state index is 12.5. The lowest BCUT2D eigenvalue weighted by Crippen LogP contribution is -2.33. The van der Waals surface area contributed by atoms with Crippen LogP contribution in [-0.2, 0) is 24.1 Å². The number of halogens is 1. The smallest absolute Gasteiger partial charge is 0.340 e. The molecule has 5 rings (SSSR count). The third-order valence-electron chi connectivity index (χ3n) is 5.72. The van der Waals surface area contributed by atoms with Crippen LogP contribution in [0, 0.1) is 0 Å². The first-order valence-corrected chi connectivity index (χ1v) is 10.4. The molecule has 3 aromatic rings. The van der Waals surface area contributed by atoms with E-state index in [2.05, 4.69) is 0 Å². The van der Waals surface area contributed by atoms with E-state index in [1.54, 1.807) is 19.1 Å². The van der Waals surface area contributed by atoms with E-state index >= 15 is 0 Å². The quantitative estimate of drug-likeness (QED) is 0.455. The lowest BCUT2D eigenvalue weighted by atomic mass is 10.0. The van der Waals surface area contributed by atoms with E-state index in [1.807, 2.05) is 23.1 Å². The number of carbonyl (C=O) groups excluding carboxylic acids is 1. The predicted octanol–water partition coefficient (Wildman–Crippen LogP) is 4.47. The number of carbonyl (C=O) groups is 1. The van der Waals surface area contributed by atoms with Crippen LogP contribution in [0.2, 0.25) is 5.02 Å². The van der Waals surface area contributed by atoms with E-state index in [0.29, 0.717) is 46.3 Å². The van der Waals surface area contributed by atoms with Crippen molar-refractivity contribution < 1.29 is 18.7 Å². The van der Waals surface area contributed by atoms with E-state index in [0.717, 1.165) is 35.8 Å². The summed E-state index contributed by atoms with van der Waals surface area (Å²) in [6, 6.07) is 9.07. The van der Waals surface area contributed by atoms with Crippen LogP contribution >= 0.6 is 11.6 Å². The number of fused-ring (bicyclic) bond motifs is 5. The summed E-state index contributed by atoms with van der Waals surface area (Å²) in [6.45, 7) is 2.67. The van der Waals surface area contributed by atoms with Gasteiger partial charge in [-0.1, -0.05) is 23.7 Å². The zero-order valence-electron chi connectivity index (χ0n) is 16.5. The molecule has 0 bridgehead atoms. The summed E-state index contributed by atoms with van der Waals surface area (Å²) in [7, 11) is 0. The van der Waals surface area contributed by atoms with Gasteiger partial charge in [0, 0.05) is 10.9 Å². The number of hydrogen-bond acceptors (Lipinski definition) is 6. The second kappa shape index (κ2) is 7.36. The lowest BCUT2D eigenvalue weighted by molar-refractivity contribution is 0.0527. The molecule has 2 heterocycles. The Balaban J connectivity index is 1.64. The summed E-state index contributed by atoms with van der Waals surface area (Å²) in [6.07, 6.45) is 2.50. The molecule has 30 heavy (non-hydrogen) atoms. The number of ether oxygens (including phenoxy) is 2. The molecular weight excluding hydrogens is 406 g/mol. The van der Waals surface area contributed by atoms with Gasteiger partial charge in [-0.25, -0.2) is 9.59 Å². The highest BCUT2D eigenvalue weighted by Gasteiger charge is 2.29. The summed E-state index contributed by atoms with van der Waals surface area (Å²) in [5.74, 6) is 0.134. The average Bonchev–Trinajstić information content (AvgIpc) is 3.26. The molecule has 1 aromatic heterocycles. The zero-order chi connectivity index (χ0) is 20.8. The molecule has 0 atom stereocenters. The molecular formula is C23H20ClNO5. The van der Waals surface area contributed by atoms with E-state index < -0.39 is 0 Å². The third-order valence-corrected chi connectivity index (χ3v) is 6.00. The molecule has 0 fully saturated rings. The predicted molar refractivity (Wildman–Crippen MR) is 114 cm³/mol. The maximum absolute atomic E-state index is 12.5. The van der Waals surface area contributed by atoms with Crippen LogP contribution in [0.15, 0.2) is 39.5 Å². The van der Waals surface area contributed by atoms with Crippen molar-refractivity contribution in [2.75, 3.05) is 18.2 Å². The fourth-order valence-corrected chi connectivity index (χ4v) is 4.67. The van der Waals surface area contributed by atoms with Gasteiger partial charge in [0.05, 0.1) is 35.0 Å². The highest BCUT2D eigenvalue weighted by molar-refractivity contribution is 6.33. The van der Waals surface area contributed by atoms with Crippen LogP contribution in [0.1, 0.15) is 40.4 Å². The Morgan fingerprint density at radius 1 is 1.20 bits per heavy atom. The van der Waals surface area contributed by atoms with Crippen LogP contribution in [0.4, 0.5) is 5.69 Å². The van der Waals surface area contributed by atoms with Crippen LogP contribution in [0.25, 0.3) is 11.0 Å². The van der Waals surface area contributed by atoms with Gasteiger partial charge in [0.1, 0.15) is 11.3 Å². The van der Waals surface area contributed by atoms with E-state index in [-0.39, 0.29) is 18.3 Å². The van der Waals surface area contributed by atoms with Gasteiger partial charge in [-0.2, -0.15) is 0 Å². The van der Waals surface area contributed by atoms with Gasteiger partial charge in [-0.3, -0.25) is 0 Å². The molecule has 0 N–H and O–H groups in total. The minimum absolute atomic E-state index is 0.212. The monoisotopic (exact) mass is 425 g/mol. The fourth-order valence-electron chi connectivity index (χ4n) is 4.39. The highest BCUT2D eigenvalue weighted by atomic mass is 35.5. The zero-order valence-corrected chi connectivity index (χ0v) is 17.3. The minimum atomic E-state index is -0.390. The van der Waals surface area contributed by atoms with Crippen LogP contribution in [-0.4, -0.2) is 19.3 Å². The molecule has 6 nitrogen and oxygen atoms in total. The second-order valence-corrected chi connectivity index (χ2v) is 7.86. The molecule has 1 aliphatic heterocycles. The lowest BCUT2D eigenvalue weighted by Gasteiger charge is -2.32. The Bertz CT molecular complexity index is 1230. The molecule has 0 unspecified atom stereocenters. The van der Waals surface area contributed by atoms with Crippen LogP contribution in [0.3, 0.4) is 0 Å². The largest absolute Gasteiger partial charge is 0.471 e. The van der Waals surface area contributed by atoms with E-state index in [9.17, 15) is 9.59 Å². The first kappa shape index (κ1) is 19.0. The fraction of sp³-hybridized carbons (Fsp3) is 0.304. The first-order valence-electron chi connectivity index (χ1n) is 10.0. The molecule has 7 heteroatoms. The van der Waals surface area contributed by atoms with Crippen LogP contribution < -0.4 is 15.3 Å². The highest BCUT2D eigenvalue weighted by Crippen LogP contribution is 2.42. The number of hydrogen-bond donors (Lipinski definition) is 0. The Hall–Kier alpha value is -2.99. The molecule has 0 saturated carbocycles. The van der Waals surface area contributed by atoms with Gasteiger partial charge in [-0.15, -0.1) is 0 Å². The third kappa shape index (κ3) is 2.94. The number of benzene rings is 2. The van der Waals surface area contributed by atoms with E-state index in [1.165, 1.54) is 0 Å². The van der Waals surface area contributed by atoms with Crippen LogP contribution in [0.5, 0.6) is 5.75 Å². The van der Waals surface area contributed by atoms with E-state index in [4.69, 9.17) is 25.5 Å². The SMILES string of the molecule is CCOC(=O)c1ccccc1N1COc2c(Cl)cc3c4c(c(=O)oc3c2C1)CCC4. The van der Waals surface area contributed by atoms with Gasteiger partial charge in [0.15, 0.2) is 6.73 Å². The minimum Gasteiger partial charge on any atom is -0.471 e.